The molecule has 25 heavy (non-hydrogen) atoms. The SMILES string of the molecule is CCOC(=O)Nc1ccc2c(CSc3n[nH]c(N)n3)cc(=O)oc2c1. The van der Waals surface area contributed by atoms with Crippen molar-refractivity contribution in [2.45, 2.75) is 17.8 Å². The molecule has 130 valence electrons. The Morgan fingerprint density at radius 2 is 2.28 bits per heavy atom. The number of H-pyrrole nitrogens is 1. The first-order valence-corrected chi connectivity index (χ1v) is 8.35. The number of aromatic nitrogens is 3. The third-order valence-corrected chi connectivity index (χ3v) is 4.09. The van der Waals surface area contributed by atoms with Crippen LogP contribution in [0.4, 0.5) is 16.4 Å². The zero-order chi connectivity index (χ0) is 17.8. The van der Waals surface area contributed by atoms with Crippen molar-refractivity contribution in [2.75, 3.05) is 17.7 Å². The lowest BCUT2D eigenvalue weighted by molar-refractivity contribution is 0.168. The fourth-order valence-corrected chi connectivity index (χ4v) is 2.97. The summed E-state index contributed by atoms with van der Waals surface area (Å²) in [5, 5.41) is 10.3. The van der Waals surface area contributed by atoms with Crippen LogP contribution in [0.15, 0.2) is 38.6 Å². The minimum Gasteiger partial charge on any atom is -0.450 e. The molecule has 0 spiro atoms. The molecular weight excluding hydrogens is 346 g/mol. The monoisotopic (exact) mass is 361 g/mol. The van der Waals surface area contributed by atoms with Crippen LogP contribution < -0.4 is 16.7 Å². The number of anilines is 2. The molecule has 9 nitrogen and oxygen atoms in total. The molecular formula is C15H15N5O4S. The molecule has 0 aliphatic rings. The topological polar surface area (TPSA) is 136 Å². The molecule has 0 aliphatic heterocycles. The Hall–Kier alpha value is -3.01. The van der Waals surface area contributed by atoms with Crippen LogP contribution in [0.3, 0.4) is 0 Å². The Balaban J connectivity index is 1.86. The van der Waals surface area contributed by atoms with Gasteiger partial charge in [0.2, 0.25) is 11.1 Å². The summed E-state index contributed by atoms with van der Waals surface area (Å²) >= 11 is 1.34. The van der Waals surface area contributed by atoms with Gasteiger partial charge in [-0.15, -0.1) is 5.10 Å². The average Bonchev–Trinajstić information content (AvgIpc) is 2.98. The zero-order valence-corrected chi connectivity index (χ0v) is 14.1. The number of ether oxygens (including phenoxy) is 1. The minimum atomic E-state index is -0.571. The molecule has 0 bridgehead atoms. The van der Waals surface area contributed by atoms with Crippen LogP contribution in [0, 0.1) is 0 Å². The van der Waals surface area contributed by atoms with Gasteiger partial charge in [-0.3, -0.25) is 5.32 Å². The molecule has 0 atom stereocenters. The number of fused-ring (bicyclic) bond motifs is 1. The smallest absolute Gasteiger partial charge is 0.411 e. The fraction of sp³-hybridized carbons (Fsp3) is 0.200. The van der Waals surface area contributed by atoms with E-state index >= 15 is 0 Å². The van der Waals surface area contributed by atoms with Crippen LogP contribution in [0.25, 0.3) is 11.0 Å². The molecule has 4 N–H and O–H groups in total. The number of nitrogen functional groups attached to an aromatic ring is 1. The lowest BCUT2D eigenvalue weighted by Crippen LogP contribution is -2.13. The van der Waals surface area contributed by atoms with E-state index in [0.29, 0.717) is 22.2 Å². The quantitative estimate of drug-likeness (QED) is 0.465. The van der Waals surface area contributed by atoms with Crippen molar-refractivity contribution >= 4 is 40.5 Å². The number of nitrogens with one attached hydrogen (secondary N) is 2. The van der Waals surface area contributed by atoms with Gasteiger partial charge in [-0.1, -0.05) is 11.8 Å². The van der Waals surface area contributed by atoms with Crippen molar-refractivity contribution in [1.29, 1.82) is 0 Å². The van der Waals surface area contributed by atoms with Crippen molar-refractivity contribution < 1.29 is 13.9 Å². The van der Waals surface area contributed by atoms with Gasteiger partial charge in [0.15, 0.2) is 0 Å². The summed E-state index contributed by atoms with van der Waals surface area (Å²) in [6.45, 7) is 1.98. The number of hydrogen-bond acceptors (Lipinski definition) is 8. The van der Waals surface area contributed by atoms with Crippen molar-refractivity contribution in [1.82, 2.24) is 15.2 Å². The molecule has 2 heterocycles. The molecule has 0 radical (unpaired) electrons. The van der Waals surface area contributed by atoms with Gasteiger partial charge in [-0.05, 0) is 24.6 Å². The number of benzene rings is 1. The van der Waals surface area contributed by atoms with Crippen LogP contribution in [0.2, 0.25) is 0 Å². The van der Waals surface area contributed by atoms with Crippen molar-refractivity contribution in [3.63, 3.8) is 0 Å². The van der Waals surface area contributed by atoms with Gasteiger partial charge < -0.3 is 14.9 Å². The number of hydrogen-bond donors (Lipinski definition) is 3. The normalized spacial score (nSPS) is 10.8. The highest BCUT2D eigenvalue weighted by atomic mass is 32.2. The van der Waals surface area contributed by atoms with E-state index in [-0.39, 0.29) is 12.6 Å². The number of amides is 1. The summed E-state index contributed by atoms with van der Waals surface area (Å²) in [7, 11) is 0. The highest BCUT2D eigenvalue weighted by Crippen LogP contribution is 2.26. The number of carbonyl (C=O) groups excluding carboxylic acids is 1. The van der Waals surface area contributed by atoms with E-state index in [0.717, 1.165) is 10.9 Å². The molecule has 10 heteroatoms. The summed E-state index contributed by atoms with van der Waals surface area (Å²) in [5.74, 6) is 0.693. The largest absolute Gasteiger partial charge is 0.450 e. The molecule has 3 rings (SSSR count). The zero-order valence-electron chi connectivity index (χ0n) is 13.2. The molecule has 0 unspecified atom stereocenters. The van der Waals surface area contributed by atoms with Crippen LogP contribution in [0.1, 0.15) is 12.5 Å². The average molecular weight is 361 g/mol. The number of nitrogens with two attached hydrogens (primary N) is 1. The highest BCUT2D eigenvalue weighted by molar-refractivity contribution is 7.98. The van der Waals surface area contributed by atoms with Gasteiger partial charge in [0, 0.05) is 29.0 Å². The number of nitrogens with zero attached hydrogens (tertiary/aromatic N) is 2. The Kier molecular flexibility index (Phi) is 4.89. The summed E-state index contributed by atoms with van der Waals surface area (Å²) in [6, 6.07) is 6.47. The maximum absolute atomic E-state index is 11.8. The van der Waals surface area contributed by atoms with E-state index in [1.54, 1.807) is 25.1 Å². The molecule has 0 fully saturated rings. The van der Waals surface area contributed by atoms with Crippen LogP contribution >= 0.6 is 11.8 Å². The second-order valence-corrected chi connectivity index (χ2v) is 5.88. The Morgan fingerprint density at radius 3 is 3.00 bits per heavy atom. The molecule has 1 amide bonds. The van der Waals surface area contributed by atoms with E-state index in [1.807, 2.05) is 0 Å². The van der Waals surface area contributed by atoms with E-state index in [9.17, 15) is 9.59 Å². The van der Waals surface area contributed by atoms with Gasteiger partial charge in [0.1, 0.15) is 5.58 Å². The summed E-state index contributed by atoms with van der Waals surface area (Å²) in [6.07, 6.45) is -0.571. The van der Waals surface area contributed by atoms with Gasteiger partial charge in [-0.2, -0.15) is 4.98 Å². The van der Waals surface area contributed by atoms with Crippen LogP contribution in [-0.2, 0) is 10.5 Å². The molecule has 3 aromatic rings. The Bertz CT molecular complexity index is 968. The molecule has 1 aromatic carbocycles. The van der Waals surface area contributed by atoms with Gasteiger partial charge in [-0.25, -0.2) is 14.7 Å². The van der Waals surface area contributed by atoms with E-state index in [2.05, 4.69) is 20.5 Å². The summed E-state index contributed by atoms with van der Waals surface area (Å²) in [5.41, 5.74) is 6.61. The lowest BCUT2D eigenvalue weighted by Gasteiger charge is -2.08. The lowest BCUT2D eigenvalue weighted by atomic mass is 10.1. The number of thioether (sulfide) groups is 1. The Morgan fingerprint density at radius 1 is 1.44 bits per heavy atom. The predicted molar refractivity (Wildman–Crippen MR) is 93.5 cm³/mol. The van der Waals surface area contributed by atoms with Crippen molar-refractivity contribution in [3.8, 4) is 0 Å². The van der Waals surface area contributed by atoms with Gasteiger partial charge in [0.25, 0.3) is 0 Å². The molecule has 0 saturated carbocycles. The maximum atomic E-state index is 11.8. The molecule has 0 saturated heterocycles. The molecule has 2 aromatic heterocycles. The molecule has 0 aliphatic carbocycles. The van der Waals surface area contributed by atoms with Crippen molar-refractivity contribution in [3.05, 3.63) is 40.2 Å². The minimum absolute atomic E-state index is 0.231. The first kappa shape index (κ1) is 16.8. The van der Waals surface area contributed by atoms with E-state index in [1.165, 1.54) is 17.8 Å². The standard InChI is InChI=1S/C15H15N5O4S/c1-2-23-15(22)17-9-3-4-10-8(5-12(21)24-11(10)6-9)7-25-14-18-13(16)19-20-14/h3-6H,2,7H2,1H3,(H,17,22)(H3,16,18,19,20). The first-order chi connectivity index (χ1) is 12.0. The predicted octanol–water partition coefficient (Wildman–Crippen LogP) is 2.35. The van der Waals surface area contributed by atoms with Gasteiger partial charge in [0.05, 0.1) is 6.61 Å². The fourth-order valence-electron chi connectivity index (χ4n) is 2.18. The van der Waals surface area contributed by atoms with Crippen LogP contribution in [0.5, 0.6) is 0 Å². The highest BCUT2D eigenvalue weighted by Gasteiger charge is 2.10. The Labute approximate surface area is 146 Å². The van der Waals surface area contributed by atoms with Gasteiger partial charge >= 0.3 is 11.7 Å². The third-order valence-electron chi connectivity index (χ3n) is 3.19. The summed E-state index contributed by atoms with van der Waals surface area (Å²) in [4.78, 5) is 27.3. The second kappa shape index (κ2) is 7.26. The first-order valence-electron chi connectivity index (χ1n) is 7.36. The number of aromatic amines is 1. The summed E-state index contributed by atoms with van der Waals surface area (Å²) < 4.78 is 10.0. The third kappa shape index (κ3) is 4.10. The van der Waals surface area contributed by atoms with E-state index in [4.69, 9.17) is 14.9 Å². The number of rotatable bonds is 5. The second-order valence-electron chi connectivity index (χ2n) is 4.94. The number of carbonyl (C=O) groups is 1. The van der Waals surface area contributed by atoms with E-state index < -0.39 is 11.7 Å². The van der Waals surface area contributed by atoms with Crippen molar-refractivity contribution in [2.24, 2.45) is 0 Å². The van der Waals surface area contributed by atoms with Crippen LogP contribution in [-0.4, -0.2) is 27.9 Å². The maximum Gasteiger partial charge on any atom is 0.411 e.